The fourth-order valence-corrected chi connectivity index (χ4v) is 5.06. The van der Waals surface area contributed by atoms with E-state index in [2.05, 4.69) is 27.9 Å². The number of carbonyl (C=O) groups excluding carboxylic acids is 4. The lowest BCUT2D eigenvalue weighted by Gasteiger charge is -2.27. The highest BCUT2D eigenvalue weighted by Crippen LogP contribution is 2.32. The van der Waals surface area contributed by atoms with Crippen LogP contribution in [0.3, 0.4) is 0 Å². The zero-order valence-electron chi connectivity index (χ0n) is 22.0. The Morgan fingerprint density at radius 1 is 1.10 bits per heavy atom. The molecule has 1 fully saturated rings. The van der Waals surface area contributed by atoms with Crippen LogP contribution in [-0.4, -0.2) is 60.6 Å². The molecule has 0 bridgehead atoms. The van der Waals surface area contributed by atoms with Crippen molar-refractivity contribution in [2.75, 3.05) is 5.32 Å². The van der Waals surface area contributed by atoms with Gasteiger partial charge in [-0.2, -0.15) is 0 Å². The van der Waals surface area contributed by atoms with Gasteiger partial charge in [0.15, 0.2) is 6.04 Å². The summed E-state index contributed by atoms with van der Waals surface area (Å²) < 4.78 is 1.35. The van der Waals surface area contributed by atoms with Gasteiger partial charge >= 0.3 is 5.97 Å². The van der Waals surface area contributed by atoms with E-state index in [1.807, 2.05) is 0 Å². The minimum absolute atomic E-state index is 0.0425. The number of hydrogen-bond acceptors (Lipinski definition) is 8. The van der Waals surface area contributed by atoms with E-state index in [9.17, 15) is 29.1 Å². The molecule has 2 unspecified atom stereocenters. The Morgan fingerprint density at radius 3 is 2.56 bits per heavy atom. The normalized spacial score (nSPS) is 17.8. The Morgan fingerprint density at radius 2 is 1.85 bits per heavy atom. The number of piperidine rings is 1. The van der Waals surface area contributed by atoms with E-state index in [4.69, 9.17) is 0 Å². The lowest BCUT2D eigenvalue weighted by Crippen LogP contribution is -2.54. The van der Waals surface area contributed by atoms with Crippen molar-refractivity contribution in [3.8, 4) is 0 Å². The summed E-state index contributed by atoms with van der Waals surface area (Å²) in [5.74, 6) is -3.28. The van der Waals surface area contributed by atoms with Crippen LogP contribution in [0, 0.1) is 0 Å². The van der Waals surface area contributed by atoms with Gasteiger partial charge in [0.05, 0.1) is 23.9 Å². The van der Waals surface area contributed by atoms with E-state index in [-0.39, 0.29) is 30.5 Å². The van der Waals surface area contributed by atoms with Crippen molar-refractivity contribution in [3.05, 3.63) is 41.2 Å². The molecule has 1 aromatic heterocycles. The van der Waals surface area contributed by atoms with E-state index in [1.165, 1.54) is 30.0 Å². The molecular weight excluding hydrogens is 504 g/mol. The fraction of sp³-hybridized carbons (Fsp3) is 0.519. The largest absolute Gasteiger partial charge is 0.480 e. The molecule has 12 heteroatoms. The first-order chi connectivity index (χ1) is 18.8. The number of nitrogens with one attached hydrogen (secondary N) is 2. The molecule has 3 N–H and O–H groups in total. The van der Waals surface area contributed by atoms with Crippen molar-refractivity contribution in [1.82, 2.24) is 25.2 Å². The van der Waals surface area contributed by atoms with E-state index in [0.29, 0.717) is 17.8 Å². The molecule has 0 radical (unpaired) electrons. The number of carbonyl (C=O) groups is 5. The average molecular weight is 539 g/mol. The number of aromatic nitrogens is 3. The van der Waals surface area contributed by atoms with Gasteiger partial charge in [-0.3, -0.25) is 29.4 Å². The number of rotatable bonds is 14. The maximum atomic E-state index is 13.2. The molecule has 1 aromatic carbocycles. The molecule has 2 atom stereocenters. The second kappa shape index (κ2) is 12.6. The SMILES string of the molecule is CCCCCCCCCC(C(=O)O)n1cc(CNc2cccc3c2C(=O)N(C2CCC(=O)NC2=O)C3=O)nn1. The van der Waals surface area contributed by atoms with Crippen molar-refractivity contribution in [2.45, 2.75) is 89.8 Å². The minimum Gasteiger partial charge on any atom is -0.480 e. The summed E-state index contributed by atoms with van der Waals surface area (Å²) in [6, 6.07) is 2.92. The van der Waals surface area contributed by atoms with Crippen LogP contribution in [0.15, 0.2) is 24.4 Å². The van der Waals surface area contributed by atoms with Crippen LogP contribution in [0.5, 0.6) is 0 Å². The summed E-state index contributed by atoms with van der Waals surface area (Å²) in [6.07, 6.45) is 9.76. The van der Waals surface area contributed by atoms with Gasteiger partial charge in [-0.05, 0) is 25.0 Å². The van der Waals surface area contributed by atoms with Gasteiger partial charge in [-0.25, -0.2) is 9.48 Å². The average Bonchev–Trinajstić information content (AvgIpc) is 3.47. The van der Waals surface area contributed by atoms with Crippen LogP contribution in [0.4, 0.5) is 5.69 Å². The highest BCUT2D eigenvalue weighted by atomic mass is 16.4. The molecule has 2 aliphatic rings. The Labute approximate surface area is 226 Å². The van der Waals surface area contributed by atoms with Crippen LogP contribution in [-0.2, 0) is 20.9 Å². The number of nitrogens with zero attached hydrogens (tertiary/aromatic N) is 4. The Balaban J connectivity index is 1.38. The van der Waals surface area contributed by atoms with E-state index < -0.39 is 41.7 Å². The summed E-state index contributed by atoms with van der Waals surface area (Å²) >= 11 is 0. The Hall–Kier alpha value is -4.09. The van der Waals surface area contributed by atoms with Crippen molar-refractivity contribution in [3.63, 3.8) is 0 Å². The topological polar surface area (TPSA) is 164 Å². The molecule has 0 spiro atoms. The van der Waals surface area contributed by atoms with Crippen LogP contribution >= 0.6 is 0 Å². The molecule has 3 heterocycles. The maximum absolute atomic E-state index is 13.2. The van der Waals surface area contributed by atoms with E-state index in [0.717, 1.165) is 30.6 Å². The number of amides is 4. The number of hydrogen-bond donors (Lipinski definition) is 3. The van der Waals surface area contributed by atoms with E-state index in [1.54, 1.807) is 18.3 Å². The third kappa shape index (κ3) is 6.32. The number of anilines is 1. The van der Waals surface area contributed by atoms with Gasteiger partial charge in [-0.15, -0.1) is 5.10 Å². The number of unbranched alkanes of at least 4 members (excludes halogenated alkanes) is 6. The summed E-state index contributed by atoms with van der Waals surface area (Å²) in [5, 5.41) is 23.1. The minimum atomic E-state index is -1.05. The molecule has 39 heavy (non-hydrogen) atoms. The van der Waals surface area contributed by atoms with E-state index >= 15 is 0 Å². The molecule has 2 aromatic rings. The second-order valence-electron chi connectivity index (χ2n) is 9.98. The fourth-order valence-electron chi connectivity index (χ4n) is 5.06. The van der Waals surface area contributed by atoms with Crippen molar-refractivity contribution in [1.29, 1.82) is 0 Å². The molecule has 0 aliphatic carbocycles. The smallest absolute Gasteiger partial charge is 0.328 e. The molecule has 0 saturated carbocycles. The number of imide groups is 2. The summed E-state index contributed by atoms with van der Waals surface area (Å²) in [5.41, 5.74) is 1.16. The molecule has 4 rings (SSSR count). The van der Waals surface area contributed by atoms with Crippen LogP contribution in [0.1, 0.15) is 104 Å². The maximum Gasteiger partial charge on any atom is 0.328 e. The van der Waals surface area contributed by atoms with Gasteiger partial charge in [0, 0.05) is 12.1 Å². The molecule has 4 amide bonds. The third-order valence-corrected chi connectivity index (χ3v) is 7.17. The zero-order valence-corrected chi connectivity index (χ0v) is 22.0. The number of aliphatic carboxylic acids is 1. The molecule has 12 nitrogen and oxygen atoms in total. The standard InChI is InChI=1S/C27H34N6O6/c1-2-3-4-5-6-7-8-12-21(27(38)39)32-16-17(30-31-32)15-28-19-11-9-10-18-23(19)26(37)33(25(18)36)20-13-14-22(34)29-24(20)35/h9-11,16,20-21,28H,2-8,12-15H2,1H3,(H,38,39)(H,29,34,35). The predicted molar refractivity (Wildman–Crippen MR) is 140 cm³/mol. The predicted octanol–water partition coefficient (Wildman–Crippen LogP) is 3.06. The van der Waals surface area contributed by atoms with Gasteiger partial charge in [0.25, 0.3) is 11.8 Å². The molecule has 2 aliphatic heterocycles. The van der Waals surface area contributed by atoms with Gasteiger partial charge < -0.3 is 10.4 Å². The van der Waals surface area contributed by atoms with Crippen molar-refractivity contribution >= 4 is 35.3 Å². The molecule has 208 valence electrons. The van der Waals surface area contributed by atoms with Gasteiger partial charge in [0.1, 0.15) is 11.7 Å². The number of carboxylic acid groups (broad SMARTS) is 1. The third-order valence-electron chi connectivity index (χ3n) is 7.17. The second-order valence-corrected chi connectivity index (χ2v) is 9.98. The monoisotopic (exact) mass is 538 g/mol. The number of fused-ring (bicyclic) bond motifs is 1. The highest BCUT2D eigenvalue weighted by Gasteiger charge is 2.45. The van der Waals surface area contributed by atoms with Gasteiger partial charge in [0.2, 0.25) is 11.8 Å². The Bertz CT molecular complexity index is 1260. The lowest BCUT2D eigenvalue weighted by molar-refractivity contribution is -0.141. The quantitative estimate of drug-likeness (QED) is 0.242. The summed E-state index contributed by atoms with van der Waals surface area (Å²) in [4.78, 5) is 62.8. The van der Waals surface area contributed by atoms with Crippen molar-refractivity contribution < 1.29 is 29.1 Å². The van der Waals surface area contributed by atoms with Crippen LogP contribution in [0.2, 0.25) is 0 Å². The molecular formula is C27H34N6O6. The van der Waals surface area contributed by atoms with Crippen molar-refractivity contribution in [2.24, 2.45) is 0 Å². The summed E-state index contributed by atoms with van der Waals surface area (Å²) in [6.45, 7) is 2.31. The first-order valence-electron chi connectivity index (χ1n) is 13.5. The summed E-state index contributed by atoms with van der Waals surface area (Å²) in [7, 11) is 0. The first kappa shape index (κ1) is 27.9. The number of carboxylic acids is 1. The highest BCUT2D eigenvalue weighted by molar-refractivity contribution is 6.25. The van der Waals surface area contributed by atoms with Crippen LogP contribution < -0.4 is 10.6 Å². The zero-order chi connectivity index (χ0) is 27.9. The van der Waals surface area contributed by atoms with Crippen LogP contribution in [0.25, 0.3) is 0 Å². The Kier molecular flexibility index (Phi) is 9.05. The molecule has 1 saturated heterocycles. The van der Waals surface area contributed by atoms with Gasteiger partial charge in [-0.1, -0.05) is 63.1 Å². The number of benzene rings is 1. The lowest BCUT2D eigenvalue weighted by atomic mass is 10.0. The first-order valence-corrected chi connectivity index (χ1v) is 13.5.